The van der Waals surface area contributed by atoms with Crippen LogP contribution >= 0.6 is 0 Å². The van der Waals surface area contributed by atoms with Crippen molar-refractivity contribution < 1.29 is 0 Å². The molecular weight excluding hydrogens is 841 g/mol. The molecule has 0 atom stereocenters. The normalized spacial score (nSPS) is 13.3. The molecule has 0 heteroatoms. The minimum absolute atomic E-state index is 0.0325. The second kappa shape index (κ2) is 13.0. The molecule has 16 aromatic rings. The fourth-order valence-corrected chi connectivity index (χ4v) is 13.7. The Hall–Kier alpha value is -8.06. The van der Waals surface area contributed by atoms with Crippen molar-refractivity contribution in [3.63, 3.8) is 0 Å². The van der Waals surface area contributed by atoms with Crippen molar-refractivity contribution in [1.82, 2.24) is 0 Å². The van der Waals surface area contributed by atoms with Gasteiger partial charge in [0.1, 0.15) is 0 Å². The lowest BCUT2D eigenvalue weighted by Crippen LogP contribution is -2.10. The van der Waals surface area contributed by atoms with Gasteiger partial charge in [-0.15, -0.1) is 0 Å². The first kappa shape index (κ1) is 38.9. The third kappa shape index (κ3) is 4.82. The Morgan fingerprint density at radius 1 is 0.214 bits per heavy atom. The van der Waals surface area contributed by atoms with Crippen LogP contribution < -0.4 is 0 Å². The van der Waals surface area contributed by atoms with Crippen LogP contribution in [0.15, 0.2) is 182 Å². The lowest BCUT2D eigenvalue weighted by Gasteiger charge is -2.21. The van der Waals surface area contributed by atoms with Crippen LogP contribution in [0.25, 0.3) is 162 Å². The fraction of sp³-hybridized carbons (Fsp3) is 0.114. The second-order valence-corrected chi connectivity index (χ2v) is 22.7. The van der Waals surface area contributed by atoms with Gasteiger partial charge in [0, 0.05) is 0 Å². The van der Waals surface area contributed by atoms with E-state index in [4.69, 9.17) is 0 Å². The minimum atomic E-state index is 0.0325. The summed E-state index contributed by atoms with van der Waals surface area (Å²) >= 11 is 0. The van der Waals surface area contributed by atoms with Crippen LogP contribution in [0.5, 0.6) is 0 Å². The fourth-order valence-electron chi connectivity index (χ4n) is 13.7. The van der Waals surface area contributed by atoms with E-state index in [0.29, 0.717) is 0 Å². The third-order valence-electron chi connectivity index (χ3n) is 16.9. The highest BCUT2D eigenvalue weighted by Gasteiger charge is 2.28. The topological polar surface area (TPSA) is 0 Å². The summed E-state index contributed by atoms with van der Waals surface area (Å²) in [6.07, 6.45) is 0. The number of hydrogen-bond donors (Lipinski definition) is 0. The summed E-state index contributed by atoms with van der Waals surface area (Å²) in [5.74, 6) is 0. The average molecular weight is 889 g/mol. The van der Waals surface area contributed by atoms with Crippen molar-refractivity contribution in [2.45, 2.75) is 52.4 Å². The van der Waals surface area contributed by atoms with Crippen LogP contribution in [0.3, 0.4) is 0 Å². The van der Waals surface area contributed by atoms with Crippen molar-refractivity contribution in [3.05, 3.63) is 193 Å². The Labute approximate surface area is 405 Å². The Balaban J connectivity index is 1.13. The van der Waals surface area contributed by atoms with E-state index in [1.807, 2.05) is 0 Å². The van der Waals surface area contributed by atoms with E-state index in [2.05, 4.69) is 224 Å². The maximum atomic E-state index is 2.60. The van der Waals surface area contributed by atoms with Crippen LogP contribution in [-0.4, -0.2) is 0 Å². The third-order valence-corrected chi connectivity index (χ3v) is 16.9. The first-order valence-corrected chi connectivity index (χ1v) is 25.2. The van der Waals surface area contributed by atoms with Gasteiger partial charge < -0.3 is 0 Å². The minimum Gasteiger partial charge on any atom is -0.0610 e. The highest BCUT2D eigenvalue weighted by molar-refractivity contribution is 6.48. The molecule has 70 heavy (non-hydrogen) atoms. The van der Waals surface area contributed by atoms with Gasteiger partial charge >= 0.3 is 0 Å². The zero-order valence-corrected chi connectivity index (χ0v) is 40.3. The van der Waals surface area contributed by atoms with Crippen molar-refractivity contribution >= 4 is 140 Å². The first-order chi connectivity index (χ1) is 34.0. The van der Waals surface area contributed by atoms with Gasteiger partial charge in [0.05, 0.1) is 0 Å². The summed E-state index contributed by atoms with van der Waals surface area (Å²) in [5, 5.41) is 34.8. The number of benzene rings is 14. The standard InChI is InChI=1S/C70H48/c1-69(2,3)41-23-19-39(20-24-41)61-57-35-55-51-29-27-47-43-15-7-11-37-12-8-16-44(59(37)43)48-28-30-52(65(51)63(47)48)56(55)36-58(57)62(40-21-25-42(26-22-40)70(4,5)6)68-54-34-32-50-46-18-10-14-38-13-9-17-45(60(38)46)49-31-33-53(67(61)68)66(54)64(49)50/h7-36H,1-6H3. The Morgan fingerprint density at radius 3 is 0.800 bits per heavy atom. The highest BCUT2D eigenvalue weighted by Crippen LogP contribution is 2.56. The summed E-state index contributed by atoms with van der Waals surface area (Å²) in [5.41, 5.74) is 7.91. The lowest BCUT2D eigenvalue weighted by molar-refractivity contribution is 0.590. The van der Waals surface area contributed by atoms with Crippen LogP contribution in [0.4, 0.5) is 0 Å². The van der Waals surface area contributed by atoms with Crippen LogP contribution in [0.1, 0.15) is 52.7 Å². The van der Waals surface area contributed by atoms with E-state index in [0.717, 1.165) is 0 Å². The number of hydrogen-bond acceptors (Lipinski definition) is 0. The van der Waals surface area contributed by atoms with Crippen LogP contribution in [-0.2, 0) is 10.8 Å². The molecule has 0 heterocycles. The van der Waals surface area contributed by atoms with E-state index in [9.17, 15) is 0 Å². The molecule has 0 unspecified atom stereocenters. The molecular formula is C70H48. The van der Waals surface area contributed by atoms with Gasteiger partial charge in [-0.3, -0.25) is 0 Å². The predicted molar refractivity (Wildman–Crippen MR) is 307 cm³/mol. The van der Waals surface area contributed by atoms with Gasteiger partial charge in [0.2, 0.25) is 0 Å². The Bertz CT molecular complexity index is 4600. The predicted octanol–water partition coefficient (Wildman–Crippen LogP) is 20.4. The number of rotatable bonds is 2. The van der Waals surface area contributed by atoms with E-state index >= 15 is 0 Å². The van der Waals surface area contributed by atoms with Gasteiger partial charge in [-0.2, -0.15) is 0 Å². The van der Waals surface area contributed by atoms with Crippen molar-refractivity contribution in [2.75, 3.05) is 0 Å². The molecule has 0 aliphatic carbocycles. The lowest BCUT2D eigenvalue weighted by atomic mass is 9.82. The summed E-state index contributed by atoms with van der Waals surface area (Å²) in [6.45, 7) is 13.9. The maximum Gasteiger partial charge on any atom is -0.000740 e. The summed E-state index contributed by atoms with van der Waals surface area (Å²) in [6, 6.07) is 71.2. The summed E-state index contributed by atoms with van der Waals surface area (Å²) in [4.78, 5) is 0. The molecule has 16 aromatic carbocycles. The van der Waals surface area contributed by atoms with E-state index in [-0.39, 0.29) is 10.8 Å². The quantitative estimate of drug-likeness (QED) is 0.120. The van der Waals surface area contributed by atoms with Gasteiger partial charge in [0.15, 0.2) is 0 Å². The molecule has 328 valence electrons. The molecule has 0 aromatic heterocycles. The number of fused-ring (bicyclic) bond motifs is 11. The molecule has 0 bridgehead atoms. The van der Waals surface area contributed by atoms with Crippen molar-refractivity contribution in [3.8, 4) is 22.3 Å². The molecule has 0 fully saturated rings. The SMILES string of the molecule is CC(C)(C)c1ccc(-c2c3cc4c(cc3c(-c3ccc(C(C)(C)C)cc3)c3c5ccc6c7cccc8cccc(c9ccc(c23)c5c96)c87)c2ccc3c5cccc6cccc(c7ccc4c2c73)c65)cc1. The smallest absolute Gasteiger partial charge is 0.000740 e. The van der Waals surface area contributed by atoms with Crippen molar-refractivity contribution in [1.29, 1.82) is 0 Å². The highest BCUT2D eigenvalue weighted by atomic mass is 14.3. The molecule has 0 spiro atoms. The maximum absolute atomic E-state index is 2.60. The zero-order chi connectivity index (χ0) is 46.7. The largest absolute Gasteiger partial charge is 0.0610 e. The van der Waals surface area contributed by atoms with E-state index < -0.39 is 0 Å². The van der Waals surface area contributed by atoms with Gasteiger partial charge in [-0.1, -0.05) is 211 Å². The monoisotopic (exact) mass is 888 g/mol. The molecule has 0 saturated heterocycles. The van der Waals surface area contributed by atoms with Crippen molar-refractivity contribution in [2.24, 2.45) is 0 Å². The zero-order valence-electron chi connectivity index (χ0n) is 40.3. The van der Waals surface area contributed by atoms with E-state index in [1.165, 1.54) is 173 Å². The van der Waals surface area contributed by atoms with E-state index in [1.54, 1.807) is 0 Å². The van der Waals surface area contributed by atoms with Crippen LogP contribution in [0.2, 0.25) is 0 Å². The molecule has 0 radical (unpaired) electrons. The molecule has 0 saturated carbocycles. The molecule has 0 aliphatic heterocycles. The van der Waals surface area contributed by atoms with Gasteiger partial charge in [0.25, 0.3) is 0 Å². The molecule has 16 rings (SSSR count). The Morgan fingerprint density at radius 2 is 0.486 bits per heavy atom. The average Bonchev–Trinajstić information content (AvgIpc) is 3.88. The van der Waals surface area contributed by atoms with Crippen LogP contribution in [0, 0.1) is 0 Å². The second-order valence-electron chi connectivity index (χ2n) is 22.7. The van der Waals surface area contributed by atoms with Gasteiger partial charge in [-0.05, 0) is 196 Å². The molecule has 0 N–H and O–H groups in total. The molecule has 0 nitrogen and oxygen atoms in total. The first-order valence-electron chi connectivity index (χ1n) is 25.2. The van der Waals surface area contributed by atoms with Gasteiger partial charge in [-0.25, -0.2) is 0 Å². The summed E-state index contributed by atoms with van der Waals surface area (Å²) in [7, 11) is 0. The Kier molecular flexibility index (Phi) is 7.20. The molecule has 0 amide bonds. The molecule has 0 aliphatic rings. The summed E-state index contributed by atoms with van der Waals surface area (Å²) < 4.78 is 0.